The van der Waals surface area contributed by atoms with Crippen molar-refractivity contribution in [1.29, 1.82) is 0 Å². The zero-order chi connectivity index (χ0) is 19.0. The van der Waals surface area contributed by atoms with E-state index in [0.717, 1.165) is 22.4 Å². The molecule has 3 aromatic rings. The number of anilines is 1. The van der Waals surface area contributed by atoms with Crippen molar-refractivity contribution in [1.82, 2.24) is 24.6 Å². The molecule has 1 fully saturated rings. The van der Waals surface area contributed by atoms with Gasteiger partial charge in [-0.25, -0.2) is 9.97 Å². The quantitative estimate of drug-likeness (QED) is 0.741. The number of aryl methyl sites for hydroxylation is 1. The lowest BCUT2D eigenvalue weighted by molar-refractivity contribution is -0.137. The summed E-state index contributed by atoms with van der Waals surface area (Å²) >= 11 is 0. The largest absolute Gasteiger partial charge is 0.352 e. The number of carbonyl (C=O) groups excluding carboxylic acids is 1. The number of hydrogen-bond donors (Lipinski definition) is 1. The lowest BCUT2D eigenvalue weighted by Crippen LogP contribution is -2.57. The van der Waals surface area contributed by atoms with Crippen LogP contribution in [0.25, 0.3) is 11.0 Å². The minimum absolute atomic E-state index is 0.0532. The van der Waals surface area contributed by atoms with Crippen LogP contribution in [-0.2, 0) is 17.4 Å². The number of benzene rings is 1. The Hall–Kier alpha value is -3.00. The smallest absolute Gasteiger partial charge is 0.247 e. The van der Waals surface area contributed by atoms with Crippen LogP contribution in [0.3, 0.4) is 0 Å². The molecule has 1 aliphatic heterocycles. The summed E-state index contributed by atoms with van der Waals surface area (Å²) in [6.45, 7) is 4.37. The monoisotopic (exact) mass is 365 g/mol. The van der Waals surface area contributed by atoms with Gasteiger partial charge in [0.15, 0.2) is 5.65 Å². The van der Waals surface area contributed by atoms with Gasteiger partial charge in [-0.2, -0.15) is 5.10 Å². The van der Waals surface area contributed by atoms with Gasteiger partial charge in [0.05, 0.1) is 11.6 Å². The van der Waals surface area contributed by atoms with Crippen molar-refractivity contribution in [2.45, 2.75) is 12.5 Å². The van der Waals surface area contributed by atoms with E-state index in [4.69, 9.17) is 5.73 Å². The molecular formula is C19H23N7O. The van der Waals surface area contributed by atoms with Crippen molar-refractivity contribution < 1.29 is 4.79 Å². The van der Waals surface area contributed by atoms with Gasteiger partial charge in [-0.1, -0.05) is 30.3 Å². The third kappa shape index (κ3) is 3.02. The Labute approximate surface area is 157 Å². The van der Waals surface area contributed by atoms with Crippen molar-refractivity contribution >= 4 is 22.8 Å². The first kappa shape index (κ1) is 17.4. The van der Waals surface area contributed by atoms with E-state index in [0.29, 0.717) is 26.2 Å². The molecule has 140 valence electrons. The van der Waals surface area contributed by atoms with Gasteiger partial charge >= 0.3 is 0 Å². The Kier molecular flexibility index (Phi) is 4.27. The molecule has 27 heavy (non-hydrogen) atoms. The Morgan fingerprint density at radius 1 is 1.11 bits per heavy atom. The second kappa shape index (κ2) is 6.62. The maximum atomic E-state index is 13.0. The molecule has 1 saturated heterocycles. The van der Waals surface area contributed by atoms with E-state index in [-0.39, 0.29) is 5.91 Å². The maximum absolute atomic E-state index is 13.0. The lowest BCUT2D eigenvalue weighted by Gasteiger charge is -2.39. The Morgan fingerprint density at radius 2 is 1.81 bits per heavy atom. The number of fused-ring (bicyclic) bond motifs is 1. The fourth-order valence-corrected chi connectivity index (χ4v) is 3.56. The van der Waals surface area contributed by atoms with Crippen LogP contribution in [0.2, 0.25) is 0 Å². The molecule has 0 aliphatic carbocycles. The Morgan fingerprint density at radius 3 is 2.52 bits per heavy atom. The van der Waals surface area contributed by atoms with Crippen molar-refractivity contribution in [2.24, 2.45) is 12.8 Å². The molecular weight excluding hydrogens is 342 g/mol. The first-order valence-corrected chi connectivity index (χ1v) is 9.00. The van der Waals surface area contributed by atoms with E-state index in [1.54, 1.807) is 24.1 Å². The summed E-state index contributed by atoms with van der Waals surface area (Å²) in [5.74, 6) is 0.807. The van der Waals surface area contributed by atoms with Crippen LogP contribution in [0.5, 0.6) is 0 Å². The van der Waals surface area contributed by atoms with Crippen LogP contribution in [0.15, 0.2) is 42.9 Å². The highest BCUT2D eigenvalue weighted by atomic mass is 16.2. The topological polar surface area (TPSA) is 93.2 Å². The SMILES string of the molecule is Cn1ncc2c(N3CCN(C(=O)C(C)(N)c4ccccc4)CC3)ncnc21. The van der Waals surface area contributed by atoms with E-state index in [1.807, 2.05) is 42.3 Å². The van der Waals surface area contributed by atoms with Crippen molar-refractivity contribution in [3.63, 3.8) is 0 Å². The van der Waals surface area contributed by atoms with E-state index in [2.05, 4.69) is 20.0 Å². The number of carbonyl (C=O) groups is 1. The third-order valence-corrected chi connectivity index (χ3v) is 5.19. The van der Waals surface area contributed by atoms with Gasteiger partial charge in [0.1, 0.15) is 17.7 Å². The van der Waals surface area contributed by atoms with Gasteiger partial charge in [-0.3, -0.25) is 9.48 Å². The van der Waals surface area contributed by atoms with Gasteiger partial charge < -0.3 is 15.5 Å². The summed E-state index contributed by atoms with van der Waals surface area (Å²) in [5, 5.41) is 5.19. The highest BCUT2D eigenvalue weighted by molar-refractivity contribution is 5.88. The molecule has 1 unspecified atom stereocenters. The molecule has 1 aliphatic rings. The fourth-order valence-electron chi connectivity index (χ4n) is 3.56. The minimum atomic E-state index is -1.03. The second-order valence-corrected chi connectivity index (χ2v) is 7.05. The standard InChI is InChI=1S/C19H23N7O/c1-19(20,14-6-4-3-5-7-14)18(27)26-10-8-25(9-11-26)17-15-12-23-24(2)16(15)21-13-22-17/h3-7,12-13H,8-11,20H2,1-2H3. The molecule has 1 amide bonds. The van der Waals surface area contributed by atoms with Crippen molar-refractivity contribution in [2.75, 3.05) is 31.1 Å². The van der Waals surface area contributed by atoms with Crippen LogP contribution >= 0.6 is 0 Å². The van der Waals surface area contributed by atoms with Gasteiger partial charge in [-0.15, -0.1) is 0 Å². The number of piperazine rings is 1. The van der Waals surface area contributed by atoms with E-state index < -0.39 is 5.54 Å². The van der Waals surface area contributed by atoms with Crippen LogP contribution in [0, 0.1) is 0 Å². The minimum Gasteiger partial charge on any atom is -0.352 e. The molecule has 1 atom stereocenters. The van der Waals surface area contributed by atoms with E-state index >= 15 is 0 Å². The molecule has 8 heteroatoms. The predicted octanol–water partition coefficient (Wildman–Crippen LogP) is 0.886. The number of hydrogen-bond acceptors (Lipinski definition) is 6. The zero-order valence-corrected chi connectivity index (χ0v) is 15.5. The zero-order valence-electron chi connectivity index (χ0n) is 15.5. The molecule has 0 radical (unpaired) electrons. The summed E-state index contributed by atoms with van der Waals surface area (Å²) in [4.78, 5) is 25.8. The van der Waals surface area contributed by atoms with Crippen molar-refractivity contribution in [3.05, 3.63) is 48.4 Å². The second-order valence-electron chi connectivity index (χ2n) is 7.05. The number of amides is 1. The molecule has 0 bridgehead atoms. The molecule has 4 rings (SSSR count). The summed E-state index contributed by atoms with van der Waals surface area (Å²) in [6, 6.07) is 9.52. The third-order valence-electron chi connectivity index (χ3n) is 5.19. The summed E-state index contributed by atoms with van der Waals surface area (Å²) < 4.78 is 1.74. The molecule has 0 saturated carbocycles. The summed E-state index contributed by atoms with van der Waals surface area (Å²) in [6.07, 6.45) is 3.35. The first-order valence-electron chi connectivity index (χ1n) is 9.00. The fraction of sp³-hybridized carbons (Fsp3) is 0.368. The summed E-state index contributed by atoms with van der Waals surface area (Å²) in [5.41, 5.74) is 6.99. The van der Waals surface area contributed by atoms with E-state index in [9.17, 15) is 4.79 Å². The van der Waals surface area contributed by atoms with Crippen LogP contribution < -0.4 is 10.6 Å². The Balaban J connectivity index is 1.49. The lowest BCUT2D eigenvalue weighted by atomic mass is 9.91. The van der Waals surface area contributed by atoms with Crippen molar-refractivity contribution in [3.8, 4) is 0 Å². The van der Waals surface area contributed by atoms with E-state index in [1.165, 1.54) is 0 Å². The molecule has 1 aromatic carbocycles. The highest BCUT2D eigenvalue weighted by Gasteiger charge is 2.36. The highest BCUT2D eigenvalue weighted by Crippen LogP contribution is 2.25. The molecule has 0 spiro atoms. The molecule has 3 heterocycles. The molecule has 2 N–H and O–H groups in total. The van der Waals surface area contributed by atoms with Gasteiger partial charge in [0, 0.05) is 33.2 Å². The Bertz CT molecular complexity index is 959. The average Bonchev–Trinajstić information content (AvgIpc) is 3.09. The number of rotatable bonds is 3. The van der Waals surface area contributed by atoms with Gasteiger partial charge in [0.25, 0.3) is 0 Å². The summed E-state index contributed by atoms with van der Waals surface area (Å²) in [7, 11) is 1.86. The predicted molar refractivity (Wildman–Crippen MR) is 103 cm³/mol. The number of nitrogens with zero attached hydrogens (tertiary/aromatic N) is 6. The first-order chi connectivity index (χ1) is 13.0. The average molecular weight is 365 g/mol. The van der Waals surface area contributed by atoms with Gasteiger partial charge in [-0.05, 0) is 12.5 Å². The number of aromatic nitrogens is 4. The normalized spacial score (nSPS) is 17.1. The molecule has 2 aromatic heterocycles. The van der Waals surface area contributed by atoms with Crippen LogP contribution in [-0.4, -0.2) is 56.7 Å². The van der Waals surface area contributed by atoms with Gasteiger partial charge in [0.2, 0.25) is 5.91 Å². The van der Waals surface area contributed by atoms with Crippen LogP contribution in [0.4, 0.5) is 5.82 Å². The number of nitrogens with two attached hydrogens (primary N) is 1. The van der Waals surface area contributed by atoms with Crippen LogP contribution in [0.1, 0.15) is 12.5 Å². The molecule has 8 nitrogen and oxygen atoms in total. The maximum Gasteiger partial charge on any atom is 0.247 e.